The van der Waals surface area contributed by atoms with E-state index in [1.165, 1.54) is 4.90 Å². The number of fused-ring (bicyclic) bond motifs is 1. The van der Waals surface area contributed by atoms with E-state index < -0.39 is 11.9 Å². The molecule has 0 N–H and O–H groups in total. The summed E-state index contributed by atoms with van der Waals surface area (Å²) in [4.78, 5) is 44.6. The van der Waals surface area contributed by atoms with Crippen LogP contribution in [0.1, 0.15) is 12.8 Å². The van der Waals surface area contributed by atoms with Crippen molar-refractivity contribution in [3.63, 3.8) is 0 Å². The second-order valence-corrected chi connectivity index (χ2v) is 6.56. The van der Waals surface area contributed by atoms with Crippen molar-refractivity contribution >= 4 is 23.6 Å². The smallest absolute Gasteiger partial charge is 0.341 e. The van der Waals surface area contributed by atoms with Gasteiger partial charge in [0, 0.05) is 31.5 Å². The van der Waals surface area contributed by atoms with Crippen molar-refractivity contribution in [3.8, 4) is 0 Å². The molecule has 134 valence electrons. The molecule has 8 heteroatoms. The van der Waals surface area contributed by atoms with Gasteiger partial charge in [-0.3, -0.25) is 19.2 Å². The quantitative estimate of drug-likeness (QED) is 0.812. The Morgan fingerprint density at radius 1 is 1.19 bits per heavy atom. The molecule has 1 unspecified atom stereocenters. The summed E-state index contributed by atoms with van der Waals surface area (Å²) < 4.78 is 1.59. The van der Waals surface area contributed by atoms with E-state index in [2.05, 4.69) is 10.1 Å². The van der Waals surface area contributed by atoms with Crippen molar-refractivity contribution in [2.24, 2.45) is 10.9 Å². The van der Waals surface area contributed by atoms with Gasteiger partial charge in [0.05, 0.1) is 11.6 Å². The third-order valence-corrected chi connectivity index (χ3v) is 4.97. The third-order valence-electron chi connectivity index (χ3n) is 4.97. The molecule has 4 rings (SSSR count). The van der Waals surface area contributed by atoms with Crippen LogP contribution in [0.4, 0.5) is 4.79 Å². The number of rotatable bonds is 3. The maximum absolute atomic E-state index is 12.7. The summed E-state index contributed by atoms with van der Waals surface area (Å²) in [7, 11) is 0. The number of aromatic nitrogens is 2. The zero-order chi connectivity index (χ0) is 18.1. The first-order valence-corrected chi connectivity index (χ1v) is 8.69. The van der Waals surface area contributed by atoms with Crippen molar-refractivity contribution in [3.05, 3.63) is 42.8 Å². The second-order valence-electron chi connectivity index (χ2n) is 6.56. The first kappa shape index (κ1) is 16.4. The lowest BCUT2D eigenvalue weighted by atomic mass is 9.93. The Morgan fingerprint density at radius 3 is 2.73 bits per heavy atom. The molecule has 0 bridgehead atoms. The Hall–Kier alpha value is -3.03. The molecule has 1 fully saturated rings. The van der Waals surface area contributed by atoms with Crippen molar-refractivity contribution in [2.75, 3.05) is 13.1 Å². The molecular weight excluding hydrogens is 334 g/mol. The number of carbonyl (C=O) groups is 3. The van der Waals surface area contributed by atoms with Crippen LogP contribution in [0.3, 0.4) is 0 Å². The molecule has 3 aliphatic rings. The van der Waals surface area contributed by atoms with Crippen LogP contribution < -0.4 is 0 Å². The van der Waals surface area contributed by atoms with Crippen LogP contribution in [0.15, 0.2) is 47.8 Å². The van der Waals surface area contributed by atoms with Crippen molar-refractivity contribution in [1.29, 1.82) is 0 Å². The van der Waals surface area contributed by atoms with E-state index in [0.717, 1.165) is 0 Å². The molecule has 8 nitrogen and oxygen atoms in total. The maximum atomic E-state index is 12.7. The number of imide groups is 1. The fraction of sp³-hybridized carbons (Fsp3) is 0.389. The number of hydrogen-bond donors (Lipinski definition) is 0. The minimum Gasteiger partial charge on any atom is -0.341 e. The third kappa shape index (κ3) is 2.98. The Labute approximate surface area is 150 Å². The molecule has 4 amide bonds. The molecule has 0 radical (unpaired) electrons. The number of urea groups is 1. The van der Waals surface area contributed by atoms with Gasteiger partial charge in [0.15, 0.2) is 0 Å². The number of nitrogens with zero attached hydrogens (tertiary/aromatic N) is 5. The predicted molar refractivity (Wildman–Crippen MR) is 93.3 cm³/mol. The molecule has 1 atom stereocenters. The summed E-state index contributed by atoms with van der Waals surface area (Å²) in [5.41, 5.74) is 0.505. The number of carbonyl (C=O) groups excluding carboxylic acids is 3. The van der Waals surface area contributed by atoms with Crippen LogP contribution in [0.25, 0.3) is 0 Å². The number of hydrogen-bond acceptors (Lipinski definition) is 4. The van der Waals surface area contributed by atoms with E-state index in [-0.39, 0.29) is 24.4 Å². The van der Waals surface area contributed by atoms with Crippen molar-refractivity contribution in [1.82, 2.24) is 19.6 Å². The topological polar surface area (TPSA) is 87.9 Å². The monoisotopic (exact) mass is 353 g/mol. The summed E-state index contributed by atoms with van der Waals surface area (Å²) in [5, 5.41) is 4.04. The van der Waals surface area contributed by atoms with E-state index in [1.807, 2.05) is 0 Å². The summed E-state index contributed by atoms with van der Waals surface area (Å²) in [6, 6.07) is 1.06. The summed E-state index contributed by atoms with van der Waals surface area (Å²) in [6.07, 6.45) is 11.6. The second kappa shape index (κ2) is 6.70. The van der Waals surface area contributed by atoms with Gasteiger partial charge in [-0.15, -0.1) is 0 Å². The number of allylic oxidation sites excluding steroid dienone is 3. The van der Waals surface area contributed by atoms with E-state index in [0.29, 0.717) is 31.6 Å². The van der Waals surface area contributed by atoms with Crippen molar-refractivity contribution in [2.45, 2.75) is 25.4 Å². The van der Waals surface area contributed by atoms with Crippen LogP contribution in [0.2, 0.25) is 0 Å². The first-order chi connectivity index (χ1) is 12.6. The standard InChI is InChI=1S/C18H19N5O3/c24-16(12-22-9-3-8-19-22)21-10-6-13(7-11-21)23-17(25)14-4-1-2-5-15(14)20-18(23)26/h1-5,8-9,13-14H,6-7,10-12H2. The van der Waals surface area contributed by atoms with Crippen LogP contribution in [-0.4, -0.2) is 62.3 Å². The molecule has 3 heterocycles. The average Bonchev–Trinajstić information content (AvgIpc) is 3.15. The van der Waals surface area contributed by atoms with Gasteiger partial charge in [-0.2, -0.15) is 10.1 Å². The van der Waals surface area contributed by atoms with Gasteiger partial charge < -0.3 is 4.90 Å². The summed E-state index contributed by atoms with van der Waals surface area (Å²) in [5.74, 6) is -0.705. The highest BCUT2D eigenvalue weighted by Crippen LogP contribution is 2.25. The minimum atomic E-state index is -0.498. The fourth-order valence-electron chi connectivity index (χ4n) is 3.60. The van der Waals surface area contributed by atoms with E-state index in [4.69, 9.17) is 0 Å². The molecule has 1 aromatic rings. The highest BCUT2D eigenvalue weighted by atomic mass is 16.2. The summed E-state index contributed by atoms with van der Waals surface area (Å²) in [6.45, 7) is 1.23. The Morgan fingerprint density at radius 2 is 2.00 bits per heavy atom. The highest BCUT2D eigenvalue weighted by molar-refractivity contribution is 6.21. The average molecular weight is 353 g/mol. The predicted octanol–water partition coefficient (Wildman–Crippen LogP) is 1.02. The molecule has 26 heavy (non-hydrogen) atoms. The van der Waals surface area contributed by atoms with E-state index >= 15 is 0 Å². The molecule has 1 aliphatic carbocycles. The zero-order valence-electron chi connectivity index (χ0n) is 14.2. The number of piperidine rings is 1. The van der Waals surface area contributed by atoms with Crippen LogP contribution >= 0.6 is 0 Å². The molecular formula is C18H19N5O3. The normalized spacial score (nSPS) is 23.2. The van der Waals surface area contributed by atoms with Gasteiger partial charge in [-0.05, 0) is 25.0 Å². The lowest BCUT2D eigenvalue weighted by Gasteiger charge is -2.39. The lowest BCUT2D eigenvalue weighted by molar-refractivity contribution is -0.135. The molecule has 0 spiro atoms. The highest BCUT2D eigenvalue weighted by Gasteiger charge is 2.40. The van der Waals surface area contributed by atoms with Gasteiger partial charge >= 0.3 is 6.03 Å². The van der Waals surface area contributed by atoms with Crippen LogP contribution in [0.5, 0.6) is 0 Å². The maximum Gasteiger partial charge on any atom is 0.350 e. The van der Waals surface area contributed by atoms with Gasteiger partial charge in [-0.1, -0.05) is 18.2 Å². The molecule has 2 aliphatic heterocycles. The first-order valence-electron chi connectivity index (χ1n) is 8.69. The molecule has 0 aromatic carbocycles. The lowest BCUT2D eigenvalue weighted by Crippen LogP contribution is -2.55. The number of likely N-dealkylation sites (tertiary alicyclic amines) is 1. The Bertz CT molecular complexity index is 816. The zero-order valence-corrected chi connectivity index (χ0v) is 14.2. The van der Waals surface area contributed by atoms with Gasteiger partial charge in [-0.25, -0.2) is 4.79 Å². The van der Waals surface area contributed by atoms with E-state index in [1.54, 1.807) is 52.3 Å². The Balaban J connectivity index is 1.40. The number of aliphatic imine (C=N–C) groups is 1. The summed E-state index contributed by atoms with van der Waals surface area (Å²) >= 11 is 0. The van der Waals surface area contributed by atoms with Crippen LogP contribution in [0, 0.1) is 5.92 Å². The molecule has 1 aromatic heterocycles. The van der Waals surface area contributed by atoms with Crippen LogP contribution in [-0.2, 0) is 16.1 Å². The van der Waals surface area contributed by atoms with Crippen molar-refractivity contribution < 1.29 is 14.4 Å². The SMILES string of the molecule is O=C(Cn1cccn1)N1CCC(N2C(=O)N=C3C=CC=CC3C2=O)CC1. The molecule has 1 saturated heterocycles. The largest absolute Gasteiger partial charge is 0.350 e. The molecule has 0 saturated carbocycles. The Kier molecular flexibility index (Phi) is 4.24. The minimum absolute atomic E-state index is 0.0101. The van der Waals surface area contributed by atoms with Gasteiger partial charge in [0.2, 0.25) is 11.8 Å². The fourth-order valence-corrected chi connectivity index (χ4v) is 3.60. The van der Waals surface area contributed by atoms with Gasteiger partial charge in [0.25, 0.3) is 0 Å². The number of amides is 4. The van der Waals surface area contributed by atoms with Gasteiger partial charge in [0.1, 0.15) is 6.54 Å². The van der Waals surface area contributed by atoms with E-state index in [9.17, 15) is 14.4 Å².